The number of hydrogen-bond donors (Lipinski definition) is 3. The van der Waals surface area contributed by atoms with Gasteiger partial charge >= 0.3 is 0 Å². The second-order valence-electron chi connectivity index (χ2n) is 21.5. The average Bonchev–Trinajstić information content (AvgIpc) is 3.36. The van der Waals surface area contributed by atoms with Crippen LogP contribution in [0.4, 0.5) is 0 Å². The molecule has 0 aromatic rings. The van der Waals surface area contributed by atoms with E-state index >= 15 is 0 Å². The molecule has 2 atom stereocenters. The van der Waals surface area contributed by atoms with Gasteiger partial charge in [0.05, 0.1) is 18.8 Å². The highest BCUT2D eigenvalue weighted by Gasteiger charge is 2.18. The zero-order valence-corrected chi connectivity index (χ0v) is 47.3. The maximum Gasteiger partial charge on any atom is 0.220 e. The molecule has 4 nitrogen and oxygen atoms in total. The van der Waals surface area contributed by atoms with Crippen LogP contribution in [0.15, 0.2) is 60.8 Å². The van der Waals surface area contributed by atoms with E-state index in [1.54, 1.807) is 6.08 Å². The molecule has 0 aromatic heterocycles. The van der Waals surface area contributed by atoms with Gasteiger partial charge in [0.25, 0.3) is 0 Å². The van der Waals surface area contributed by atoms with Crippen molar-refractivity contribution in [3.05, 3.63) is 60.8 Å². The van der Waals surface area contributed by atoms with Crippen molar-refractivity contribution in [2.45, 2.75) is 347 Å². The first-order valence-corrected chi connectivity index (χ1v) is 31.5. The van der Waals surface area contributed by atoms with Crippen molar-refractivity contribution in [2.24, 2.45) is 0 Å². The van der Waals surface area contributed by atoms with Gasteiger partial charge in [-0.15, -0.1) is 0 Å². The van der Waals surface area contributed by atoms with E-state index in [9.17, 15) is 15.0 Å². The summed E-state index contributed by atoms with van der Waals surface area (Å²) >= 11 is 0. The van der Waals surface area contributed by atoms with Crippen LogP contribution in [0.25, 0.3) is 0 Å². The topological polar surface area (TPSA) is 69.6 Å². The Morgan fingerprint density at radius 2 is 0.600 bits per heavy atom. The fourth-order valence-electron chi connectivity index (χ4n) is 9.66. The van der Waals surface area contributed by atoms with E-state index in [-0.39, 0.29) is 12.5 Å². The lowest BCUT2D eigenvalue weighted by atomic mass is 10.0. The normalized spacial score (nSPS) is 13.1. The number of carbonyl (C=O) groups is 1. The summed E-state index contributed by atoms with van der Waals surface area (Å²) in [6.45, 7) is 4.31. The van der Waals surface area contributed by atoms with Crippen molar-refractivity contribution in [2.75, 3.05) is 6.61 Å². The Hall–Kier alpha value is -1.91. The van der Waals surface area contributed by atoms with Gasteiger partial charge in [0.2, 0.25) is 5.91 Å². The minimum absolute atomic E-state index is 0.0729. The molecule has 0 saturated carbocycles. The fraction of sp³-hybridized carbons (Fsp3) is 0.833. The van der Waals surface area contributed by atoms with Gasteiger partial charge in [-0.2, -0.15) is 0 Å². The molecule has 0 fully saturated rings. The molecule has 0 aromatic carbocycles. The smallest absolute Gasteiger partial charge is 0.220 e. The average molecular weight is 979 g/mol. The first-order valence-electron chi connectivity index (χ1n) is 31.5. The zero-order valence-electron chi connectivity index (χ0n) is 47.3. The summed E-state index contributed by atoms with van der Waals surface area (Å²) in [6.07, 6.45) is 87.1. The summed E-state index contributed by atoms with van der Waals surface area (Å²) < 4.78 is 0. The summed E-state index contributed by atoms with van der Waals surface area (Å²) in [5.74, 6) is -0.0729. The van der Waals surface area contributed by atoms with E-state index in [1.807, 2.05) is 6.08 Å². The van der Waals surface area contributed by atoms with E-state index in [4.69, 9.17) is 0 Å². The number of amides is 1. The van der Waals surface area contributed by atoms with E-state index in [1.165, 1.54) is 270 Å². The number of carbonyl (C=O) groups excluding carboxylic acids is 1. The molecule has 0 rings (SSSR count). The van der Waals surface area contributed by atoms with Crippen molar-refractivity contribution in [1.82, 2.24) is 5.32 Å². The minimum atomic E-state index is -0.872. The molecule has 0 aliphatic carbocycles. The fourth-order valence-corrected chi connectivity index (χ4v) is 9.66. The molecule has 0 heterocycles. The van der Waals surface area contributed by atoms with E-state index in [0.29, 0.717) is 6.42 Å². The van der Waals surface area contributed by atoms with E-state index in [0.717, 1.165) is 44.9 Å². The van der Waals surface area contributed by atoms with Gasteiger partial charge in [-0.05, 0) is 77.0 Å². The van der Waals surface area contributed by atoms with Crippen LogP contribution in [0.2, 0.25) is 0 Å². The largest absolute Gasteiger partial charge is 0.394 e. The number of hydrogen-bond acceptors (Lipinski definition) is 3. The van der Waals surface area contributed by atoms with Gasteiger partial charge in [0, 0.05) is 6.42 Å². The van der Waals surface area contributed by atoms with Crippen molar-refractivity contribution in [1.29, 1.82) is 0 Å². The lowest BCUT2D eigenvalue weighted by Crippen LogP contribution is -2.45. The van der Waals surface area contributed by atoms with E-state index in [2.05, 4.69) is 67.8 Å². The van der Waals surface area contributed by atoms with Crippen molar-refractivity contribution < 1.29 is 15.0 Å². The lowest BCUT2D eigenvalue weighted by molar-refractivity contribution is -0.123. The molecule has 0 spiro atoms. The molecule has 4 heteroatoms. The second-order valence-corrected chi connectivity index (χ2v) is 21.5. The molecule has 0 bridgehead atoms. The number of allylic oxidation sites excluding steroid dienone is 9. The van der Waals surface area contributed by atoms with Gasteiger partial charge in [-0.25, -0.2) is 0 Å². The predicted molar refractivity (Wildman–Crippen MR) is 313 cm³/mol. The second kappa shape index (κ2) is 61.4. The molecule has 410 valence electrons. The minimum Gasteiger partial charge on any atom is -0.394 e. The molecular formula is C66H123NO3. The van der Waals surface area contributed by atoms with E-state index < -0.39 is 12.1 Å². The number of aliphatic hydroxyl groups is 2. The molecule has 3 N–H and O–H groups in total. The van der Waals surface area contributed by atoms with Crippen LogP contribution in [-0.2, 0) is 4.79 Å². The highest BCUT2D eigenvalue weighted by atomic mass is 16.3. The summed E-state index contributed by atoms with van der Waals surface area (Å²) in [5, 5.41) is 23.2. The lowest BCUT2D eigenvalue weighted by Gasteiger charge is -2.19. The third-order valence-electron chi connectivity index (χ3n) is 14.5. The van der Waals surface area contributed by atoms with Gasteiger partial charge in [-0.1, -0.05) is 312 Å². The highest BCUT2D eigenvalue weighted by Crippen LogP contribution is 2.17. The SMILES string of the molecule is CCCCCCC/C=C\C/C=C\CCCCCCCCCCCCCCCCCCCCCCCCCC(=O)NC(CO)C(O)/C=C/CC/C=C/CC/C=C/CCCCCCCCCCCCCCC. The molecule has 1 amide bonds. The first kappa shape index (κ1) is 68.1. The van der Waals surface area contributed by atoms with Crippen molar-refractivity contribution in [3.63, 3.8) is 0 Å². The molecule has 0 saturated heterocycles. The summed E-state index contributed by atoms with van der Waals surface area (Å²) in [6, 6.07) is -0.647. The predicted octanol–water partition coefficient (Wildman–Crippen LogP) is 21.2. The number of aliphatic hydroxyl groups excluding tert-OH is 2. The van der Waals surface area contributed by atoms with Gasteiger partial charge in [0.15, 0.2) is 0 Å². The van der Waals surface area contributed by atoms with Crippen LogP contribution in [0.5, 0.6) is 0 Å². The molecule has 0 radical (unpaired) electrons. The Morgan fingerprint density at radius 3 is 0.914 bits per heavy atom. The van der Waals surface area contributed by atoms with Crippen LogP contribution in [0.1, 0.15) is 335 Å². The van der Waals surface area contributed by atoms with Gasteiger partial charge < -0.3 is 15.5 Å². The first-order chi connectivity index (χ1) is 34.7. The summed E-state index contributed by atoms with van der Waals surface area (Å²) in [5.41, 5.74) is 0. The number of unbranched alkanes of at least 4 members (excludes halogenated alkanes) is 43. The van der Waals surface area contributed by atoms with Crippen LogP contribution in [0, 0.1) is 0 Å². The molecule has 2 unspecified atom stereocenters. The number of nitrogens with one attached hydrogen (secondary N) is 1. The van der Waals surface area contributed by atoms with Crippen molar-refractivity contribution in [3.8, 4) is 0 Å². The Kier molecular flexibility index (Phi) is 59.7. The Bertz CT molecular complexity index is 1150. The van der Waals surface area contributed by atoms with Gasteiger partial charge in [-0.3, -0.25) is 4.79 Å². The maximum absolute atomic E-state index is 12.5. The summed E-state index contributed by atoms with van der Waals surface area (Å²) in [7, 11) is 0. The van der Waals surface area contributed by atoms with Crippen molar-refractivity contribution >= 4 is 5.91 Å². The monoisotopic (exact) mass is 978 g/mol. The molecule has 0 aliphatic rings. The molecule has 0 aliphatic heterocycles. The third kappa shape index (κ3) is 57.0. The van der Waals surface area contributed by atoms with Crippen LogP contribution >= 0.6 is 0 Å². The maximum atomic E-state index is 12.5. The molecule has 70 heavy (non-hydrogen) atoms. The Balaban J connectivity index is 3.48. The number of rotatable bonds is 58. The van der Waals surface area contributed by atoms with Crippen LogP contribution in [-0.4, -0.2) is 34.9 Å². The Labute approximate surface area is 438 Å². The summed E-state index contributed by atoms with van der Waals surface area (Å²) in [4.78, 5) is 12.5. The quantitative estimate of drug-likeness (QED) is 0.0420. The van der Waals surface area contributed by atoms with Gasteiger partial charge in [0.1, 0.15) is 0 Å². The van der Waals surface area contributed by atoms with Crippen LogP contribution < -0.4 is 5.32 Å². The molecular weight excluding hydrogens is 855 g/mol. The standard InChI is InChI=1S/C66H123NO3/c1-3-5-7-9-11-13-15-17-19-21-23-25-27-28-29-30-31-32-33-34-35-36-37-38-40-42-44-46-48-50-52-54-56-58-60-62-66(70)67-64(63-68)65(69)61-59-57-55-53-51-49-47-45-43-41-39-26-24-22-20-18-16-14-12-10-8-6-4-2/h15,17,21,23,43,45,51,53,59,61,64-65,68-69H,3-14,16,18-20,22,24-42,44,46-50,52,54-58,60,62-63H2,1-2H3,(H,67,70)/b17-15-,23-21-,45-43+,53-51+,61-59+. The highest BCUT2D eigenvalue weighted by molar-refractivity contribution is 5.76. The van der Waals surface area contributed by atoms with Crippen LogP contribution in [0.3, 0.4) is 0 Å². The Morgan fingerprint density at radius 1 is 0.343 bits per heavy atom. The zero-order chi connectivity index (χ0) is 50.6. The third-order valence-corrected chi connectivity index (χ3v) is 14.5.